The Labute approximate surface area is 304 Å². The van der Waals surface area contributed by atoms with E-state index in [1.54, 1.807) is 39.7 Å². The molecule has 13 nitrogen and oxygen atoms in total. The Morgan fingerprint density at radius 2 is 1.82 bits per heavy atom. The topological polar surface area (TPSA) is 157 Å². The van der Waals surface area contributed by atoms with Gasteiger partial charge in [-0.25, -0.2) is 9.78 Å². The maximum atomic E-state index is 13.7. The highest BCUT2D eigenvalue weighted by Crippen LogP contribution is 2.40. The molecule has 2 aliphatic heterocycles. The number of amides is 2. The van der Waals surface area contributed by atoms with Crippen LogP contribution < -0.4 is 0 Å². The van der Waals surface area contributed by atoms with Crippen LogP contribution in [0, 0.1) is 11.8 Å². The van der Waals surface area contributed by atoms with Gasteiger partial charge in [-0.3, -0.25) is 24.0 Å². The van der Waals surface area contributed by atoms with Crippen molar-refractivity contribution in [3.8, 4) is 10.7 Å². The minimum absolute atomic E-state index is 0.207. The molecule has 4 heterocycles. The SMILES string of the molecule is [B][C@@H]1CC(=O)[C@@H](C)C(=O)O[C@H](CC)[C@@]2(C)OC(=O)N(CCCCn3cc(-c4nc5ccccc5s4)nn3)[C@@H]2[C@@H](C)N(C(C)=O)C[C@H](C)C[C@]1(C)O. The van der Waals surface area contributed by atoms with E-state index in [0.29, 0.717) is 38.0 Å². The zero-order valence-corrected chi connectivity index (χ0v) is 31.4. The van der Waals surface area contributed by atoms with Gasteiger partial charge in [-0.15, -0.1) is 16.4 Å². The predicted molar refractivity (Wildman–Crippen MR) is 193 cm³/mol. The number of aryl methyl sites for hydroxylation is 1. The monoisotopic (exact) mass is 720 g/mol. The maximum absolute atomic E-state index is 13.7. The van der Waals surface area contributed by atoms with E-state index in [1.165, 1.54) is 13.8 Å². The Balaban J connectivity index is 1.38. The second-order valence-corrected chi connectivity index (χ2v) is 15.7. The molecule has 15 heteroatoms. The minimum Gasteiger partial charge on any atom is -0.458 e. The number of rotatable bonds is 7. The molecule has 0 aliphatic carbocycles. The number of ether oxygens (including phenoxy) is 2. The summed E-state index contributed by atoms with van der Waals surface area (Å²) in [7, 11) is 6.32. The highest BCUT2D eigenvalue weighted by atomic mass is 32.1. The third-order valence-electron chi connectivity index (χ3n) is 10.5. The normalized spacial score (nSPS) is 31.2. The van der Waals surface area contributed by atoms with E-state index in [4.69, 9.17) is 17.3 Å². The van der Waals surface area contributed by atoms with Crippen molar-refractivity contribution in [3.63, 3.8) is 0 Å². The highest BCUT2D eigenvalue weighted by molar-refractivity contribution is 7.21. The van der Waals surface area contributed by atoms with Crippen molar-refractivity contribution < 1.29 is 33.8 Å². The molecule has 1 aromatic carbocycles. The van der Waals surface area contributed by atoms with Crippen LogP contribution in [0.1, 0.15) is 80.6 Å². The molecule has 2 fully saturated rings. The van der Waals surface area contributed by atoms with Gasteiger partial charge in [-0.1, -0.05) is 31.2 Å². The van der Waals surface area contributed by atoms with Gasteiger partial charge in [0.15, 0.2) is 5.60 Å². The number of thiazole rings is 1. The number of ketones is 1. The van der Waals surface area contributed by atoms with Crippen molar-refractivity contribution in [2.24, 2.45) is 11.8 Å². The van der Waals surface area contributed by atoms with Crippen molar-refractivity contribution >= 4 is 53.2 Å². The number of aromatic nitrogens is 4. The van der Waals surface area contributed by atoms with Gasteiger partial charge in [-0.2, -0.15) is 0 Å². The Morgan fingerprint density at radius 3 is 2.51 bits per heavy atom. The average Bonchev–Trinajstić information content (AvgIpc) is 3.78. The number of hydrogen-bond donors (Lipinski definition) is 1. The summed E-state index contributed by atoms with van der Waals surface area (Å²) in [6.45, 7) is 13.0. The first-order valence-corrected chi connectivity index (χ1v) is 18.6. The van der Waals surface area contributed by atoms with E-state index in [-0.39, 0.29) is 31.2 Å². The number of carbonyl (C=O) groups is 4. The fourth-order valence-corrected chi connectivity index (χ4v) is 8.52. The van der Waals surface area contributed by atoms with E-state index in [1.807, 2.05) is 51.2 Å². The molecule has 2 aliphatic rings. The summed E-state index contributed by atoms with van der Waals surface area (Å²) >= 11 is 1.56. The first-order valence-electron chi connectivity index (χ1n) is 17.8. The van der Waals surface area contributed by atoms with E-state index in [0.717, 1.165) is 15.2 Å². The molecule has 51 heavy (non-hydrogen) atoms. The number of esters is 1. The zero-order chi connectivity index (χ0) is 37.2. The lowest BCUT2D eigenvalue weighted by Gasteiger charge is -2.44. The molecular weight excluding hydrogens is 671 g/mol. The number of aliphatic hydroxyl groups is 1. The van der Waals surface area contributed by atoms with Crippen LogP contribution in [-0.2, 0) is 30.4 Å². The minimum atomic E-state index is -1.44. The van der Waals surface area contributed by atoms with Gasteiger partial charge in [0.05, 0.1) is 41.9 Å². The van der Waals surface area contributed by atoms with Crippen LogP contribution in [0.2, 0.25) is 5.82 Å². The van der Waals surface area contributed by atoms with Crippen LogP contribution in [0.15, 0.2) is 30.5 Å². The summed E-state index contributed by atoms with van der Waals surface area (Å²) in [4.78, 5) is 61.5. The van der Waals surface area contributed by atoms with Crippen LogP contribution >= 0.6 is 11.3 Å². The van der Waals surface area contributed by atoms with Gasteiger partial charge in [-0.05, 0) is 77.2 Å². The van der Waals surface area contributed by atoms with Crippen LogP contribution in [0.3, 0.4) is 0 Å². The zero-order valence-electron chi connectivity index (χ0n) is 30.6. The standard InChI is InChI=1S/C36H49BN6O7S/c1-8-30-36(7)31(23(4)43(24(5)44)19-21(2)18-35(6,48)29(37)17-27(45)22(3)33(46)49-30)42(34(47)50-36)16-12-11-15-41-20-26(39-40-41)32-38-25-13-9-10-14-28(25)51-32/h9-10,13-14,20-23,29-31,48H,8,11-12,15-19H2,1-7H3/t21-,22-,23-,29-,30-,31-,35+,36-/m1/s1. The first kappa shape index (κ1) is 38.4. The molecule has 0 bridgehead atoms. The van der Waals surface area contributed by atoms with Crippen molar-refractivity contribution in [1.82, 2.24) is 29.8 Å². The molecule has 2 amide bonds. The fraction of sp³-hybridized carbons (Fsp3) is 0.639. The lowest BCUT2D eigenvalue weighted by atomic mass is 9.67. The van der Waals surface area contributed by atoms with Gasteiger partial charge in [0.1, 0.15) is 28.5 Å². The smallest absolute Gasteiger partial charge is 0.410 e. The first-order chi connectivity index (χ1) is 24.0. The van der Waals surface area contributed by atoms with Crippen LogP contribution in [-0.4, -0.2) is 109 Å². The molecule has 2 radical (unpaired) electrons. The van der Waals surface area contributed by atoms with Crippen molar-refractivity contribution in [2.75, 3.05) is 13.1 Å². The van der Waals surface area contributed by atoms with E-state index in [9.17, 15) is 24.3 Å². The molecule has 0 unspecified atom stereocenters. The summed E-state index contributed by atoms with van der Waals surface area (Å²) in [5.74, 6) is -3.71. The molecular formula is C36H49BN6O7S. The molecule has 274 valence electrons. The quantitative estimate of drug-likeness (QED) is 0.155. The molecule has 5 rings (SSSR count). The number of fused-ring (bicyclic) bond motifs is 2. The van der Waals surface area contributed by atoms with Gasteiger partial charge in [0.2, 0.25) is 5.91 Å². The van der Waals surface area contributed by atoms with Gasteiger partial charge < -0.3 is 19.5 Å². The fourth-order valence-electron chi connectivity index (χ4n) is 7.60. The van der Waals surface area contributed by atoms with Crippen LogP contribution in [0.25, 0.3) is 20.9 Å². The number of unbranched alkanes of at least 4 members (excludes halogenated alkanes) is 1. The Kier molecular flexibility index (Phi) is 11.6. The van der Waals surface area contributed by atoms with Gasteiger partial charge in [0.25, 0.3) is 0 Å². The molecule has 2 saturated heterocycles. The number of cyclic esters (lactones) is 1. The second kappa shape index (κ2) is 15.4. The van der Waals surface area contributed by atoms with E-state index in [2.05, 4.69) is 15.3 Å². The van der Waals surface area contributed by atoms with E-state index < -0.39 is 59.0 Å². The molecule has 2 aromatic heterocycles. The number of Topliss-reactive ketones (excluding diaryl/α,β-unsaturated/α-hetero) is 1. The summed E-state index contributed by atoms with van der Waals surface area (Å²) < 4.78 is 14.9. The van der Waals surface area contributed by atoms with Gasteiger partial charge >= 0.3 is 12.1 Å². The summed E-state index contributed by atoms with van der Waals surface area (Å²) in [6.07, 6.45) is 1.91. The predicted octanol–water partition coefficient (Wildman–Crippen LogP) is 4.82. The Morgan fingerprint density at radius 1 is 1.12 bits per heavy atom. The third-order valence-corrected chi connectivity index (χ3v) is 11.6. The largest absolute Gasteiger partial charge is 0.458 e. The molecule has 8 atom stereocenters. The maximum Gasteiger partial charge on any atom is 0.410 e. The highest BCUT2D eigenvalue weighted by Gasteiger charge is 2.59. The van der Waals surface area contributed by atoms with Crippen molar-refractivity contribution in [1.29, 1.82) is 0 Å². The lowest BCUT2D eigenvalue weighted by molar-refractivity contribution is -0.171. The molecule has 0 saturated carbocycles. The van der Waals surface area contributed by atoms with Crippen LogP contribution in [0.4, 0.5) is 4.79 Å². The molecule has 0 spiro atoms. The average molecular weight is 721 g/mol. The number of nitrogens with zero attached hydrogens (tertiary/aromatic N) is 6. The number of benzene rings is 1. The molecule has 3 aromatic rings. The molecule has 1 N–H and O–H groups in total. The van der Waals surface area contributed by atoms with Crippen molar-refractivity contribution in [3.05, 3.63) is 30.5 Å². The van der Waals surface area contributed by atoms with Crippen LogP contribution in [0.5, 0.6) is 0 Å². The summed E-state index contributed by atoms with van der Waals surface area (Å²) in [5.41, 5.74) is -1.18. The number of para-hydroxylation sites is 1. The summed E-state index contributed by atoms with van der Waals surface area (Å²) in [6, 6.07) is 6.65. The number of carbonyl (C=O) groups excluding carboxylic acids is 4. The summed E-state index contributed by atoms with van der Waals surface area (Å²) in [5, 5.41) is 20.7. The Bertz CT molecular complexity index is 1710. The Hall–Kier alpha value is -3.85. The van der Waals surface area contributed by atoms with Crippen molar-refractivity contribution in [2.45, 2.75) is 122 Å². The van der Waals surface area contributed by atoms with Gasteiger partial charge in [0, 0.05) is 33.0 Å². The van der Waals surface area contributed by atoms with E-state index >= 15 is 0 Å². The second-order valence-electron chi connectivity index (χ2n) is 14.7. The third kappa shape index (κ3) is 8.14. The lowest BCUT2D eigenvalue weighted by Crippen LogP contribution is -2.62. The number of hydrogen-bond acceptors (Lipinski definition) is 11.